The van der Waals surface area contributed by atoms with Crippen molar-refractivity contribution in [1.29, 1.82) is 0 Å². The van der Waals surface area contributed by atoms with Crippen molar-refractivity contribution < 1.29 is 22.6 Å². The molecule has 164 valence electrons. The lowest BCUT2D eigenvalue weighted by Gasteiger charge is -2.25. The van der Waals surface area contributed by atoms with Gasteiger partial charge in [0.1, 0.15) is 23.6 Å². The normalized spacial score (nSPS) is 15.6. The van der Waals surface area contributed by atoms with Crippen molar-refractivity contribution in [2.45, 2.75) is 23.9 Å². The van der Waals surface area contributed by atoms with E-state index in [9.17, 15) is 8.42 Å². The van der Waals surface area contributed by atoms with E-state index in [4.69, 9.17) is 19.9 Å². The molecule has 11 heteroatoms. The minimum absolute atomic E-state index is 0.00213. The molecule has 0 spiro atoms. The van der Waals surface area contributed by atoms with E-state index in [2.05, 4.69) is 9.36 Å². The monoisotopic (exact) mass is 462 g/mol. The topological polar surface area (TPSA) is 117 Å². The quantitative estimate of drug-likeness (QED) is 0.570. The van der Waals surface area contributed by atoms with Gasteiger partial charge in [-0.15, -0.1) is 0 Å². The van der Waals surface area contributed by atoms with Crippen LogP contribution in [0.1, 0.15) is 23.6 Å². The summed E-state index contributed by atoms with van der Waals surface area (Å²) in [6, 6.07) is 9.80. The van der Waals surface area contributed by atoms with E-state index in [0.29, 0.717) is 35.8 Å². The predicted molar refractivity (Wildman–Crippen MR) is 116 cm³/mol. The summed E-state index contributed by atoms with van der Waals surface area (Å²) in [6.45, 7) is 0.447. The van der Waals surface area contributed by atoms with Crippen molar-refractivity contribution in [3.8, 4) is 17.2 Å². The molecular weight excluding hydrogens is 440 g/mol. The van der Waals surface area contributed by atoms with E-state index < -0.39 is 10.0 Å². The molecule has 2 N–H and O–H groups in total. The number of fused-ring (bicyclic) bond motifs is 1. The van der Waals surface area contributed by atoms with Crippen LogP contribution < -0.4 is 24.2 Å². The first-order valence-corrected chi connectivity index (χ1v) is 11.7. The summed E-state index contributed by atoms with van der Waals surface area (Å²) in [5.74, 6) is 1.59. The highest BCUT2D eigenvalue weighted by molar-refractivity contribution is 7.93. The summed E-state index contributed by atoms with van der Waals surface area (Å²) in [5.41, 5.74) is 7.57. The number of benzene rings is 2. The van der Waals surface area contributed by atoms with Crippen LogP contribution in [0.15, 0.2) is 47.6 Å². The Morgan fingerprint density at radius 1 is 1.23 bits per heavy atom. The van der Waals surface area contributed by atoms with E-state index in [0.717, 1.165) is 17.1 Å². The zero-order valence-electron chi connectivity index (χ0n) is 17.0. The molecule has 2 aromatic carbocycles. The van der Waals surface area contributed by atoms with Gasteiger partial charge in [-0.05, 0) is 18.2 Å². The smallest absolute Gasteiger partial charge is 0.266 e. The van der Waals surface area contributed by atoms with Gasteiger partial charge in [-0.3, -0.25) is 0 Å². The number of rotatable bonds is 7. The number of hydrogen-bond acceptors (Lipinski definition) is 9. The average Bonchev–Trinajstić information content (AvgIpc) is 3.31. The van der Waals surface area contributed by atoms with Gasteiger partial charge in [0, 0.05) is 47.3 Å². The molecule has 1 atom stereocenters. The van der Waals surface area contributed by atoms with Crippen LogP contribution in [0.5, 0.6) is 17.2 Å². The lowest BCUT2D eigenvalue weighted by molar-refractivity contribution is 0.268. The SMILES string of the molecule is COc1ccc(CN(c2ncns2)S(=O)(=O)c2ccc3c(c2)OCC[C@@H]3N)c(OC)c1. The number of nitrogens with two attached hydrogens (primary N) is 1. The van der Waals surface area contributed by atoms with Gasteiger partial charge in [0.25, 0.3) is 10.0 Å². The van der Waals surface area contributed by atoms with Crippen molar-refractivity contribution in [2.24, 2.45) is 5.73 Å². The lowest BCUT2D eigenvalue weighted by Crippen LogP contribution is -2.31. The molecule has 0 unspecified atom stereocenters. The summed E-state index contributed by atoms with van der Waals surface area (Å²) in [6.07, 6.45) is 2.01. The molecule has 0 saturated heterocycles. The first-order valence-electron chi connectivity index (χ1n) is 9.46. The second-order valence-corrected chi connectivity index (χ2v) is 9.48. The van der Waals surface area contributed by atoms with Crippen LogP contribution in [-0.4, -0.2) is 38.6 Å². The molecule has 4 rings (SSSR count). The summed E-state index contributed by atoms with van der Waals surface area (Å²) >= 11 is 0.991. The maximum atomic E-state index is 13.6. The van der Waals surface area contributed by atoms with Crippen molar-refractivity contribution in [1.82, 2.24) is 9.36 Å². The Labute approximate surface area is 184 Å². The maximum absolute atomic E-state index is 13.6. The summed E-state index contributed by atoms with van der Waals surface area (Å²) in [7, 11) is -0.908. The second-order valence-electron chi connectivity index (χ2n) is 6.86. The predicted octanol–water partition coefficient (Wildman–Crippen LogP) is 2.73. The standard InChI is InChI=1S/C20H22N4O5S2/c1-27-14-4-3-13(18(9-14)28-2)11-24(20-22-12-23-30-20)31(25,26)15-5-6-16-17(21)7-8-29-19(16)10-15/h3-6,9-10,12,17H,7-8,11,21H2,1-2H3/t17-/m0/s1. The van der Waals surface area contributed by atoms with E-state index in [1.165, 1.54) is 23.8 Å². The number of nitrogens with zero attached hydrogens (tertiary/aromatic N) is 3. The molecule has 1 aromatic heterocycles. The van der Waals surface area contributed by atoms with Crippen LogP contribution >= 0.6 is 11.5 Å². The summed E-state index contributed by atoms with van der Waals surface area (Å²) in [4.78, 5) is 4.22. The zero-order valence-corrected chi connectivity index (χ0v) is 18.6. The summed E-state index contributed by atoms with van der Waals surface area (Å²) in [5, 5.41) is 0.244. The average molecular weight is 463 g/mol. The third kappa shape index (κ3) is 4.16. The Bertz CT molecular complexity index is 1170. The number of ether oxygens (including phenoxy) is 3. The summed E-state index contributed by atoms with van der Waals surface area (Å²) < 4.78 is 48.8. The third-order valence-electron chi connectivity index (χ3n) is 5.03. The largest absolute Gasteiger partial charge is 0.497 e. The fourth-order valence-corrected chi connectivity index (χ4v) is 5.50. The molecule has 9 nitrogen and oxygen atoms in total. The Morgan fingerprint density at radius 3 is 2.77 bits per heavy atom. The number of aromatic nitrogens is 2. The Hall–Kier alpha value is -2.89. The van der Waals surface area contributed by atoms with Gasteiger partial charge >= 0.3 is 0 Å². The Morgan fingerprint density at radius 2 is 2.06 bits per heavy atom. The second kappa shape index (κ2) is 8.69. The van der Waals surface area contributed by atoms with Crippen LogP contribution in [0.4, 0.5) is 5.13 Å². The van der Waals surface area contributed by atoms with Gasteiger partial charge in [-0.25, -0.2) is 17.7 Å². The molecule has 0 bridgehead atoms. The van der Waals surface area contributed by atoms with Crippen LogP contribution in [0.3, 0.4) is 0 Å². The van der Waals surface area contributed by atoms with Gasteiger partial charge < -0.3 is 19.9 Å². The molecule has 1 aliphatic heterocycles. The molecule has 0 saturated carbocycles. The zero-order chi connectivity index (χ0) is 22.0. The van der Waals surface area contributed by atoms with Crippen molar-refractivity contribution in [2.75, 3.05) is 25.1 Å². The van der Waals surface area contributed by atoms with Gasteiger partial charge in [-0.1, -0.05) is 6.07 Å². The highest BCUT2D eigenvalue weighted by Gasteiger charge is 2.30. The fourth-order valence-electron chi connectivity index (χ4n) is 3.35. The highest BCUT2D eigenvalue weighted by Crippen LogP contribution is 2.36. The first kappa shape index (κ1) is 21.3. The molecule has 2 heterocycles. The van der Waals surface area contributed by atoms with Crippen LogP contribution in [0, 0.1) is 0 Å². The van der Waals surface area contributed by atoms with Gasteiger partial charge in [-0.2, -0.15) is 4.37 Å². The first-order chi connectivity index (χ1) is 14.9. The number of sulfonamides is 1. The molecule has 0 fully saturated rings. The number of methoxy groups -OCH3 is 2. The minimum atomic E-state index is -3.98. The van der Waals surface area contributed by atoms with E-state index >= 15 is 0 Å². The van der Waals surface area contributed by atoms with Crippen LogP contribution in [0.25, 0.3) is 0 Å². The molecule has 0 amide bonds. The van der Waals surface area contributed by atoms with Crippen molar-refractivity contribution in [3.05, 3.63) is 53.9 Å². The van der Waals surface area contributed by atoms with Gasteiger partial charge in [0.05, 0.1) is 32.3 Å². The number of hydrogen-bond donors (Lipinski definition) is 1. The fraction of sp³-hybridized carbons (Fsp3) is 0.300. The van der Waals surface area contributed by atoms with Crippen molar-refractivity contribution >= 4 is 26.7 Å². The molecule has 31 heavy (non-hydrogen) atoms. The maximum Gasteiger partial charge on any atom is 0.266 e. The highest BCUT2D eigenvalue weighted by atomic mass is 32.2. The molecular formula is C20H22N4O5S2. The van der Waals surface area contributed by atoms with E-state index in [1.54, 1.807) is 37.4 Å². The number of anilines is 1. The molecule has 3 aromatic rings. The van der Waals surface area contributed by atoms with Crippen LogP contribution in [0.2, 0.25) is 0 Å². The molecule has 1 aliphatic rings. The Balaban J connectivity index is 1.75. The molecule has 0 aliphatic carbocycles. The van der Waals surface area contributed by atoms with Gasteiger partial charge in [0.15, 0.2) is 0 Å². The van der Waals surface area contributed by atoms with Crippen LogP contribution in [-0.2, 0) is 16.6 Å². The third-order valence-corrected chi connectivity index (χ3v) is 7.57. The molecule has 0 radical (unpaired) electrons. The Kier molecular flexibility index (Phi) is 5.99. The minimum Gasteiger partial charge on any atom is -0.497 e. The van der Waals surface area contributed by atoms with E-state index in [-0.39, 0.29) is 22.6 Å². The van der Waals surface area contributed by atoms with Crippen molar-refractivity contribution in [3.63, 3.8) is 0 Å². The lowest BCUT2D eigenvalue weighted by atomic mass is 10.0. The van der Waals surface area contributed by atoms with E-state index in [1.807, 2.05) is 0 Å². The van der Waals surface area contributed by atoms with Gasteiger partial charge in [0.2, 0.25) is 5.13 Å².